The number of carbonyl (C=O) groups excluding carboxylic acids is 1. The monoisotopic (exact) mass is 366 g/mol. The second kappa shape index (κ2) is 6.75. The zero-order valence-electron chi connectivity index (χ0n) is 13.0. The number of benzene rings is 1. The maximum absolute atomic E-state index is 12.5. The predicted octanol–water partition coefficient (Wildman–Crippen LogP) is 3.87. The molecule has 3 rings (SSSR count). The molecule has 0 radical (unpaired) electrons. The van der Waals surface area contributed by atoms with Gasteiger partial charge in [0.15, 0.2) is 10.8 Å². The summed E-state index contributed by atoms with van der Waals surface area (Å²) in [5.74, 6) is -0.336. The number of halogens is 3. The lowest BCUT2D eigenvalue weighted by Crippen LogP contribution is -2.22. The van der Waals surface area contributed by atoms with E-state index in [1.54, 1.807) is 23.6 Å². The summed E-state index contributed by atoms with van der Waals surface area (Å²) in [4.78, 5) is 12.2. The van der Waals surface area contributed by atoms with E-state index in [2.05, 4.69) is 15.5 Å². The summed E-state index contributed by atoms with van der Waals surface area (Å²) in [7, 11) is 0. The van der Waals surface area contributed by atoms with Crippen LogP contribution in [0.5, 0.6) is 0 Å². The molecule has 130 valence electrons. The average Bonchev–Trinajstić information content (AvgIpc) is 2.97. The first kappa shape index (κ1) is 17.3. The molecular weight excluding hydrogens is 353 g/mol. The topological polar surface area (TPSA) is 59.3 Å². The number of alkyl halides is 3. The number of anilines is 1. The van der Waals surface area contributed by atoms with Crippen LogP contribution in [0.2, 0.25) is 0 Å². The quantitative estimate of drug-likeness (QED) is 0.712. The number of hydrogen-bond donors (Lipinski definition) is 1. The van der Waals surface area contributed by atoms with Gasteiger partial charge in [0.1, 0.15) is 0 Å². The van der Waals surface area contributed by atoms with E-state index in [0.29, 0.717) is 16.5 Å². The number of carbonyl (C=O) groups is 1. The number of aromatic nitrogens is 3. The van der Waals surface area contributed by atoms with Crippen molar-refractivity contribution >= 4 is 29.0 Å². The number of nitrogens with one attached hydrogen (secondary N) is 1. The van der Waals surface area contributed by atoms with Crippen LogP contribution in [0.15, 0.2) is 53.8 Å². The van der Waals surface area contributed by atoms with Crippen LogP contribution in [0.3, 0.4) is 0 Å². The van der Waals surface area contributed by atoms with E-state index in [1.807, 2.05) is 12.1 Å². The summed E-state index contributed by atoms with van der Waals surface area (Å²) in [6, 6.07) is 9.77. The van der Waals surface area contributed by atoms with Crippen molar-refractivity contribution in [3.63, 3.8) is 0 Å². The predicted molar refractivity (Wildman–Crippen MR) is 88.4 cm³/mol. The highest BCUT2D eigenvalue weighted by Crippen LogP contribution is 2.30. The Labute approximate surface area is 145 Å². The molecule has 5 nitrogen and oxygen atoms in total. The van der Waals surface area contributed by atoms with Gasteiger partial charge in [-0.1, -0.05) is 17.8 Å². The smallest absolute Gasteiger partial charge is 0.325 e. The van der Waals surface area contributed by atoms with E-state index >= 15 is 0 Å². The van der Waals surface area contributed by atoms with Crippen molar-refractivity contribution in [2.45, 2.75) is 23.5 Å². The van der Waals surface area contributed by atoms with Gasteiger partial charge in [0, 0.05) is 11.9 Å². The SMILES string of the molecule is C[C@H](Sc1nnc2ccccn12)C(=O)Nc1ccc(C(F)(F)F)cc1. The molecule has 0 unspecified atom stereocenters. The van der Waals surface area contributed by atoms with E-state index in [1.165, 1.54) is 23.9 Å². The van der Waals surface area contributed by atoms with E-state index in [-0.39, 0.29) is 5.91 Å². The van der Waals surface area contributed by atoms with Crippen molar-refractivity contribution in [1.29, 1.82) is 0 Å². The molecule has 3 aromatic rings. The Hall–Kier alpha value is -2.55. The molecule has 1 amide bonds. The zero-order valence-corrected chi connectivity index (χ0v) is 13.8. The van der Waals surface area contributed by atoms with Gasteiger partial charge in [-0.2, -0.15) is 13.2 Å². The molecule has 0 saturated carbocycles. The Kier molecular flexibility index (Phi) is 4.67. The van der Waals surface area contributed by atoms with Crippen molar-refractivity contribution in [2.24, 2.45) is 0 Å². The second-order valence-electron chi connectivity index (χ2n) is 5.24. The van der Waals surface area contributed by atoms with Gasteiger partial charge in [0.25, 0.3) is 0 Å². The van der Waals surface area contributed by atoms with Crippen molar-refractivity contribution in [3.8, 4) is 0 Å². The first-order chi connectivity index (χ1) is 11.8. The normalized spacial score (nSPS) is 13.0. The van der Waals surface area contributed by atoms with Crippen molar-refractivity contribution in [3.05, 3.63) is 54.2 Å². The third-order valence-corrected chi connectivity index (χ3v) is 4.47. The van der Waals surface area contributed by atoms with Gasteiger partial charge in [0.2, 0.25) is 5.91 Å². The van der Waals surface area contributed by atoms with Crippen LogP contribution in [0.1, 0.15) is 12.5 Å². The summed E-state index contributed by atoms with van der Waals surface area (Å²) in [5.41, 5.74) is 0.208. The average molecular weight is 366 g/mol. The number of nitrogens with zero attached hydrogens (tertiary/aromatic N) is 3. The van der Waals surface area contributed by atoms with Crippen LogP contribution >= 0.6 is 11.8 Å². The summed E-state index contributed by atoms with van der Waals surface area (Å²) in [6.45, 7) is 1.69. The van der Waals surface area contributed by atoms with Gasteiger partial charge in [0.05, 0.1) is 10.8 Å². The van der Waals surface area contributed by atoms with Crippen molar-refractivity contribution in [1.82, 2.24) is 14.6 Å². The van der Waals surface area contributed by atoms with Gasteiger partial charge >= 0.3 is 6.18 Å². The third-order valence-electron chi connectivity index (χ3n) is 3.41. The maximum Gasteiger partial charge on any atom is 0.416 e. The zero-order chi connectivity index (χ0) is 18.0. The molecule has 0 aliphatic rings. The molecule has 1 atom stereocenters. The highest BCUT2D eigenvalue weighted by molar-refractivity contribution is 8.00. The van der Waals surface area contributed by atoms with Gasteiger partial charge in [-0.15, -0.1) is 10.2 Å². The lowest BCUT2D eigenvalue weighted by molar-refractivity contribution is -0.137. The Bertz CT molecular complexity index is 892. The fourth-order valence-corrected chi connectivity index (χ4v) is 2.94. The number of thioether (sulfide) groups is 1. The lowest BCUT2D eigenvalue weighted by atomic mass is 10.2. The van der Waals surface area contributed by atoms with Gasteiger partial charge in [-0.3, -0.25) is 9.20 Å². The Morgan fingerprint density at radius 3 is 2.56 bits per heavy atom. The Morgan fingerprint density at radius 2 is 1.88 bits per heavy atom. The molecule has 0 fully saturated rings. The third kappa shape index (κ3) is 3.93. The molecule has 9 heteroatoms. The minimum absolute atomic E-state index is 0.302. The maximum atomic E-state index is 12.5. The molecule has 2 aromatic heterocycles. The van der Waals surface area contributed by atoms with E-state index in [4.69, 9.17) is 0 Å². The van der Waals surface area contributed by atoms with Crippen LogP contribution in [-0.4, -0.2) is 25.8 Å². The Morgan fingerprint density at radius 1 is 1.16 bits per heavy atom. The standard InChI is InChI=1S/C16H13F3N4OS/c1-10(25-15-22-21-13-4-2-3-9-23(13)15)14(24)20-12-7-5-11(6-8-12)16(17,18)19/h2-10H,1H3,(H,20,24)/t10-/m0/s1. The minimum Gasteiger partial charge on any atom is -0.325 e. The molecule has 0 aliphatic heterocycles. The van der Waals surface area contributed by atoms with E-state index < -0.39 is 17.0 Å². The fraction of sp³-hybridized carbons (Fsp3) is 0.188. The molecule has 1 aromatic carbocycles. The highest BCUT2D eigenvalue weighted by atomic mass is 32.2. The van der Waals surface area contributed by atoms with Gasteiger partial charge < -0.3 is 5.32 Å². The molecule has 2 heterocycles. The van der Waals surface area contributed by atoms with E-state index in [9.17, 15) is 18.0 Å². The number of hydrogen-bond acceptors (Lipinski definition) is 4. The van der Waals surface area contributed by atoms with Crippen LogP contribution < -0.4 is 5.32 Å². The molecule has 1 N–H and O–H groups in total. The van der Waals surface area contributed by atoms with Gasteiger partial charge in [-0.25, -0.2) is 0 Å². The van der Waals surface area contributed by atoms with Crippen LogP contribution in [0.25, 0.3) is 5.65 Å². The summed E-state index contributed by atoms with van der Waals surface area (Å²) in [5, 5.41) is 10.7. The number of fused-ring (bicyclic) bond motifs is 1. The number of rotatable bonds is 4. The minimum atomic E-state index is -4.40. The van der Waals surface area contributed by atoms with Crippen molar-refractivity contribution in [2.75, 3.05) is 5.32 Å². The van der Waals surface area contributed by atoms with Crippen LogP contribution in [0.4, 0.5) is 18.9 Å². The first-order valence-corrected chi connectivity index (χ1v) is 8.17. The largest absolute Gasteiger partial charge is 0.416 e. The van der Waals surface area contributed by atoms with Crippen molar-refractivity contribution < 1.29 is 18.0 Å². The second-order valence-corrected chi connectivity index (χ2v) is 6.54. The lowest BCUT2D eigenvalue weighted by Gasteiger charge is -2.12. The number of pyridine rings is 1. The molecule has 0 spiro atoms. The fourth-order valence-electron chi connectivity index (χ4n) is 2.10. The molecule has 25 heavy (non-hydrogen) atoms. The molecule has 0 bridgehead atoms. The molecular formula is C16H13F3N4OS. The molecule has 0 saturated heterocycles. The van der Waals surface area contributed by atoms with Crippen LogP contribution in [-0.2, 0) is 11.0 Å². The first-order valence-electron chi connectivity index (χ1n) is 7.29. The molecule has 0 aliphatic carbocycles. The number of amides is 1. The van der Waals surface area contributed by atoms with Gasteiger partial charge in [-0.05, 0) is 43.3 Å². The summed E-state index contributed by atoms with van der Waals surface area (Å²) in [6.07, 6.45) is -2.61. The van der Waals surface area contributed by atoms with Crippen LogP contribution in [0, 0.1) is 0 Å². The summed E-state index contributed by atoms with van der Waals surface area (Å²) >= 11 is 1.21. The van der Waals surface area contributed by atoms with E-state index in [0.717, 1.165) is 12.1 Å². The highest BCUT2D eigenvalue weighted by Gasteiger charge is 2.30. The Balaban J connectivity index is 1.66. The summed E-state index contributed by atoms with van der Waals surface area (Å²) < 4.78 is 39.4.